The summed E-state index contributed by atoms with van der Waals surface area (Å²) in [6.45, 7) is 0. The van der Waals surface area contributed by atoms with Crippen LogP contribution in [0.25, 0.3) is 0 Å². The van der Waals surface area contributed by atoms with Gasteiger partial charge in [0.25, 0.3) is 0 Å². The number of rotatable bonds is 4. The largest absolute Gasteiger partial charge is 0.416 e. The number of pyridine rings is 1. The van der Waals surface area contributed by atoms with E-state index in [9.17, 15) is 17.6 Å². The van der Waals surface area contributed by atoms with E-state index in [2.05, 4.69) is 15.6 Å². The average Bonchev–Trinajstić information content (AvgIpc) is 2.44. The van der Waals surface area contributed by atoms with E-state index in [0.29, 0.717) is 16.8 Å². The summed E-state index contributed by atoms with van der Waals surface area (Å²) in [5.41, 5.74) is -0.500. The molecule has 0 radical (unpaired) electrons. The van der Waals surface area contributed by atoms with E-state index < -0.39 is 34.3 Å². The highest BCUT2D eigenvalue weighted by Gasteiger charge is 2.32. The van der Waals surface area contributed by atoms with Gasteiger partial charge in [-0.25, -0.2) is 4.39 Å². The Morgan fingerprint density at radius 2 is 1.96 bits per heavy atom. The van der Waals surface area contributed by atoms with Crippen LogP contribution >= 0.6 is 22.3 Å². The Kier molecular flexibility index (Phi) is 5.44. The molecule has 1 unspecified atom stereocenters. The van der Waals surface area contributed by atoms with Crippen LogP contribution in [0.2, 0.25) is 5.02 Å². The Balaban J connectivity index is 2.53. The summed E-state index contributed by atoms with van der Waals surface area (Å²) < 4.78 is 55.4. The van der Waals surface area contributed by atoms with Crippen LogP contribution in [0.4, 0.5) is 17.6 Å². The highest BCUT2D eigenvalue weighted by atomic mass is 35.5. The van der Waals surface area contributed by atoms with Gasteiger partial charge in [0.05, 0.1) is 22.3 Å². The fourth-order valence-corrected chi connectivity index (χ4v) is 2.77. The fourth-order valence-electron chi connectivity index (χ4n) is 2.00. The van der Waals surface area contributed by atoms with E-state index in [0.717, 1.165) is 12.1 Å². The van der Waals surface area contributed by atoms with Crippen LogP contribution in [0.5, 0.6) is 0 Å². The quantitative estimate of drug-likeness (QED) is 0.621. The van der Waals surface area contributed by atoms with Crippen molar-refractivity contribution in [2.45, 2.75) is 12.2 Å². The number of benzene rings is 1. The zero-order valence-electron chi connectivity index (χ0n) is 12.0. The van der Waals surface area contributed by atoms with Crippen molar-refractivity contribution in [3.05, 3.63) is 64.2 Å². The Morgan fingerprint density at radius 3 is 2.48 bits per heavy atom. The van der Waals surface area contributed by atoms with Gasteiger partial charge in [-0.2, -0.15) is 13.2 Å². The van der Waals surface area contributed by atoms with Crippen LogP contribution in [0.1, 0.15) is 22.9 Å². The molecule has 8 heteroatoms. The molecule has 2 rings (SSSR count). The summed E-state index contributed by atoms with van der Waals surface area (Å²) in [5, 5.41) is 0.396. The van der Waals surface area contributed by atoms with Crippen molar-refractivity contribution in [3.63, 3.8) is 0 Å². The lowest BCUT2D eigenvalue weighted by molar-refractivity contribution is -0.137. The smallest absolute Gasteiger partial charge is 0.258 e. The van der Waals surface area contributed by atoms with Crippen molar-refractivity contribution in [1.29, 1.82) is 0 Å². The molecule has 0 aliphatic rings. The molecule has 0 fully saturated rings. The van der Waals surface area contributed by atoms with Gasteiger partial charge < -0.3 is 0 Å². The maximum atomic E-state index is 13.7. The highest BCUT2D eigenvalue weighted by molar-refractivity contribution is 8.11. The van der Waals surface area contributed by atoms with Gasteiger partial charge in [0.15, 0.2) is 0 Å². The van der Waals surface area contributed by atoms with Crippen LogP contribution in [-0.2, 0) is 6.18 Å². The highest BCUT2D eigenvalue weighted by Crippen LogP contribution is 2.33. The molecule has 2 aromatic rings. The third kappa shape index (κ3) is 4.76. The third-order valence-electron chi connectivity index (χ3n) is 2.95. The summed E-state index contributed by atoms with van der Waals surface area (Å²) in [4.78, 5) is 4.11. The number of alkyl halides is 3. The van der Waals surface area contributed by atoms with Gasteiger partial charge >= 0.3 is 6.18 Å². The molecular formula is C15H13ClF4N2S. The first kappa shape index (κ1) is 17.9. The summed E-state index contributed by atoms with van der Waals surface area (Å²) >= 11 is 5.78. The molecule has 0 saturated heterocycles. The Bertz CT molecular complexity index is 716. The van der Waals surface area contributed by atoms with Crippen molar-refractivity contribution in [2.75, 3.05) is 6.26 Å². The molecule has 124 valence electrons. The molecule has 1 aromatic heterocycles. The average molecular weight is 365 g/mol. The third-order valence-corrected chi connectivity index (χ3v) is 3.81. The van der Waals surface area contributed by atoms with E-state index in [4.69, 9.17) is 11.6 Å². The number of nitrogens with one attached hydrogen (secondary N) is 1. The summed E-state index contributed by atoms with van der Waals surface area (Å²) in [7, 11) is -0.563. The van der Waals surface area contributed by atoms with Crippen molar-refractivity contribution in [3.8, 4) is 0 Å². The molecule has 1 N–H and O–H groups in total. The molecular weight excluding hydrogens is 352 g/mol. The van der Waals surface area contributed by atoms with E-state index in [-0.39, 0.29) is 5.56 Å². The summed E-state index contributed by atoms with van der Waals surface area (Å²) in [6.07, 6.45) is -1.49. The lowest BCUT2D eigenvalue weighted by atomic mass is 10.0. The van der Waals surface area contributed by atoms with Crippen molar-refractivity contribution in [1.82, 2.24) is 9.71 Å². The monoisotopic (exact) mass is 364 g/mol. The molecule has 0 saturated carbocycles. The molecule has 2 atom stereocenters. The minimum absolute atomic E-state index is 0.121. The number of aromatic nitrogens is 1. The van der Waals surface area contributed by atoms with Gasteiger partial charge in [-0.3, -0.25) is 9.71 Å². The molecule has 1 heterocycles. The molecule has 0 aliphatic carbocycles. The second-order valence-electron chi connectivity index (χ2n) is 4.86. The molecule has 0 spiro atoms. The lowest BCUT2D eigenvalue weighted by Gasteiger charge is -2.20. The van der Waals surface area contributed by atoms with Crippen molar-refractivity contribution < 1.29 is 17.6 Å². The van der Waals surface area contributed by atoms with E-state index in [1.807, 2.05) is 0 Å². The van der Waals surface area contributed by atoms with E-state index in [1.54, 1.807) is 18.4 Å². The number of nitrogens with zero attached hydrogens (tertiary/aromatic N) is 1. The number of hydrogen-bond acceptors (Lipinski definition) is 2. The Morgan fingerprint density at radius 1 is 1.26 bits per heavy atom. The summed E-state index contributed by atoms with van der Waals surface area (Å²) in [6, 6.07) is 4.84. The van der Waals surface area contributed by atoms with E-state index >= 15 is 0 Å². The maximum absolute atomic E-state index is 13.7. The van der Waals surface area contributed by atoms with Gasteiger partial charge in [-0.05, 0) is 42.2 Å². The van der Waals surface area contributed by atoms with Gasteiger partial charge in [0, 0.05) is 6.20 Å². The van der Waals surface area contributed by atoms with Gasteiger partial charge in [-0.1, -0.05) is 17.5 Å². The second-order valence-corrected chi connectivity index (χ2v) is 6.81. The van der Waals surface area contributed by atoms with Crippen LogP contribution in [-0.4, -0.2) is 17.1 Å². The first-order chi connectivity index (χ1) is 10.7. The predicted molar refractivity (Wildman–Crippen MR) is 86.3 cm³/mol. The molecule has 1 aromatic carbocycles. The second kappa shape index (κ2) is 6.98. The van der Waals surface area contributed by atoms with Crippen LogP contribution in [0.3, 0.4) is 0 Å². The number of hydrogen-bond donors (Lipinski definition) is 1. The molecule has 2 nitrogen and oxygen atoms in total. The van der Waals surface area contributed by atoms with Crippen LogP contribution in [0.15, 0.2) is 36.5 Å². The number of halogens is 5. The maximum Gasteiger partial charge on any atom is 0.416 e. The molecule has 0 bridgehead atoms. The SMILES string of the molecule is C=S(C)N[C@@H](c1cc(F)cc(C(F)(F)F)c1)c1ccc(Cl)cn1. The standard InChI is InChI=1S/C15H13ClF4N2S/c1-23(2)22-14(13-4-3-11(16)8-21-13)9-5-10(15(18,19)20)7-12(17)6-9/h3-8,14,22H,1H2,2H3/t14-,23?/m0/s1. The Labute approximate surface area is 138 Å². The first-order valence-electron chi connectivity index (χ1n) is 6.38. The fraction of sp³-hybridized carbons (Fsp3) is 0.200. The minimum Gasteiger partial charge on any atom is -0.258 e. The Hall–Kier alpha value is -1.44. The normalized spacial score (nSPS) is 14.5. The van der Waals surface area contributed by atoms with Crippen LogP contribution < -0.4 is 4.72 Å². The van der Waals surface area contributed by atoms with Gasteiger partial charge in [-0.15, -0.1) is 10.7 Å². The minimum atomic E-state index is -4.63. The van der Waals surface area contributed by atoms with E-state index in [1.165, 1.54) is 6.20 Å². The summed E-state index contributed by atoms with van der Waals surface area (Å²) in [5.74, 6) is 2.82. The van der Waals surface area contributed by atoms with Gasteiger partial charge in [0.2, 0.25) is 0 Å². The lowest BCUT2D eigenvalue weighted by Crippen LogP contribution is -2.19. The van der Waals surface area contributed by atoms with Crippen molar-refractivity contribution >= 4 is 28.1 Å². The molecule has 0 amide bonds. The zero-order valence-corrected chi connectivity index (χ0v) is 13.6. The van der Waals surface area contributed by atoms with Crippen LogP contribution in [0, 0.1) is 5.82 Å². The molecule has 23 heavy (non-hydrogen) atoms. The first-order valence-corrected chi connectivity index (χ1v) is 8.56. The zero-order chi connectivity index (χ0) is 17.2. The van der Waals surface area contributed by atoms with Crippen molar-refractivity contribution in [2.24, 2.45) is 0 Å². The molecule has 0 aliphatic heterocycles. The topological polar surface area (TPSA) is 24.9 Å². The van der Waals surface area contributed by atoms with Gasteiger partial charge in [0.1, 0.15) is 5.82 Å². The predicted octanol–water partition coefficient (Wildman–Crippen LogP) is 4.82.